The van der Waals surface area contributed by atoms with Crippen molar-refractivity contribution in [2.45, 2.75) is 121 Å². The summed E-state index contributed by atoms with van der Waals surface area (Å²) in [4.78, 5) is 0. The molecule has 1 N–H and O–H groups in total. The van der Waals surface area contributed by atoms with E-state index in [9.17, 15) is 0 Å². The maximum Gasteiger partial charge on any atom is 0.0590 e. The molecule has 6 unspecified atom stereocenters. The van der Waals surface area contributed by atoms with E-state index in [-0.39, 0.29) is 0 Å². The number of hydrogen-bond donors (Lipinski definition) is 1. The summed E-state index contributed by atoms with van der Waals surface area (Å²) in [6.45, 7) is 1.92. The Kier molecular flexibility index (Phi) is 12.6. The molecule has 0 spiro atoms. The van der Waals surface area contributed by atoms with E-state index in [4.69, 9.17) is 9.47 Å². The molecule has 0 bridgehead atoms. The first-order chi connectivity index (χ1) is 14.8. The molecule has 3 aliphatic rings. The third-order valence-corrected chi connectivity index (χ3v) is 8.81. The summed E-state index contributed by atoms with van der Waals surface area (Å²) in [6, 6.07) is 1.36. The van der Waals surface area contributed by atoms with Crippen LogP contribution < -0.4 is 5.32 Å². The molecule has 0 radical (unpaired) electrons. The molecule has 0 aromatic rings. The Labute approximate surface area is 202 Å². The number of ether oxygens (including phenoxy) is 2. The van der Waals surface area contributed by atoms with Gasteiger partial charge in [-0.1, -0.05) is 57.5 Å². The van der Waals surface area contributed by atoms with E-state index in [1.54, 1.807) is 0 Å². The number of halogens is 2. The summed E-state index contributed by atoms with van der Waals surface area (Å²) in [5.74, 6) is 1.77. The van der Waals surface area contributed by atoms with Crippen molar-refractivity contribution in [1.29, 1.82) is 0 Å². The SMILES string of the molecule is BrCCCCCCOC1CCC2CC3CCC(OCCCCCCBr)CC3NC2C1. The second-order valence-electron chi connectivity index (χ2n) is 9.95. The largest absolute Gasteiger partial charge is 0.378 e. The van der Waals surface area contributed by atoms with Crippen molar-refractivity contribution in [3.05, 3.63) is 0 Å². The lowest BCUT2D eigenvalue weighted by molar-refractivity contribution is -0.0403. The Hall–Kier alpha value is 0.840. The van der Waals surface area contributed by atoms with Gasteiger partial charge in [-0.2, -0.15) is 0 Å². The highest BCUT2D eigenvalue weighted by molar-refractivity contribution is 9.09. The molecule has 2 saturated carbocycles. The fourth-order valence-electron chi connectivity index (χ4n) is 5.93. The highest BCUT2D eigenvalue weighted by atomic mass is 79.9. The molecule has 5 heteroatoms. The number of piperidine rings is 1. The molecular weight excluding hydrogens is 506 g/mol. The summed E-state index contributed by atoms with van der Waals surface area (Å²) in [5, 5.41) is 6.35. The van der Waals surface area contributed by atoms with E-state index >= 15 is 0 Å². The Morgan fingerprint density at radius 3 is 1.50 bits per heavy atom. The molecule has 30 heavy (non-hydrogen) atoms. The van der Waals surface area contributed by atoms with Crippen LogP contribution in [0, 0.1) is 11.8 Å². The summed E-state index contributed by atoms with van der Waals surface area (Å²) in [6.07, 6.45) is 20.5. The molecule has 0 amide bonds. The number of hydrogen-bond acceptors (Lipinski definition) is 3. The first-order valence-corrected chi connectivity index (χ1v) is 15.2. The molecule has 1 aliphatic heterocycles. The average Bonchev–Trinajstić information content (AvgIpc) is 2.77. The molecule has 6 atom stereocenters. The van der Waals surface area contributed by atoms with Crippen LogP contribution in [0.2, 0.25) is 0 Å². The molecule has 3 rings (SSSR count). The van der Waals surface area contributed by atoms with Crippen LogP contribution in [0.25, 0.3) is 0 Å². The van der Waals surface area contributed by atoms with Gasteiger partial charge in [-0.3, -0.25) is 0 Å². The number of unbranched alkanes of at least 4 members (excludes halogenated alkanes) is 6. The van der Waals surface area contributed by atoms with Gasteiger partial charge in [-0.25, -0.2) is 0 Å². The fourth-order valence-corrected chi connectivity index (χ4v) is 6.72. The van der Waals surface area contributed by atoms with Gasteiger partial charge in [0.05, 0.1) is 12.2 Å². The quantitative estimate of drug-likeness (QED) is 0.186. The second-order valence-corrected chi connectivity index (χ2v) is 11.5. The van der Waals surface area contributed by atoms with E-state index in [1.807, 2.05) is 0 Å². The maximum atomic E-state index is 6.28. The van der Waals surface area contributed by atoms with Crippen molar-refractivity contribution in [3.8, 4) is 0 Å². The first-order valence-electron chi connectivity index (χ1n) is 12.9. The lowest BCUT2D eigenvalue weighted by atomic mass is 9.68. The van der Waals surface area contributed by atoms with Crippen molar-refractivity contribution in [2.24, 2.45) is 11.8 Å². The Balaban J connectivity index is 1.32. The van der Waals surface area contributed by atoms with Gasteiger partial charge in [0.1, 0.15) is 0 Å². The predicted molar refractivity (Wildman–Crippen MR) is 134 cm³/mol. The minimum atomic E-state index is 0.488. The summed E-state index contributed by atoms with van der Waals surface area (Å²) < 4.78 is 12.6. The second kappa shape index (κ2) is 14.9. The lowest BCUT2D eigenvalue weighted by Gasteiger charge is -2.49. The lowest BCUT2D eigenvalue weighted by Crippen LogP contribution is -2.57. The van der Waals surface area contributed by atoms with Gasteiger partial charge in [-0.15, -0.1) is 0 Å². The molecule has 0 aromatic heterocycles. The van der Waals surface area contributed by atoms with Crippen molar-refractivity contribution in [2.75, 3.05) is 23.9 Å². The molecule has 1 saturated heterocycles. The Morgan fingerprint density at radius 2 is 1.03 bits per heavy atom. The number of fused-ring (bicyclic) bond motifs is 2. The molecular formula is C25H45Br2NO2. The zero-order valence-corrected chi connectivity index (χ0v) is 22.1. The monoisotopic (exact) mass is 549 g/mol. The smallest absolute Gasteiger partial charge is 0.0590 e. The Bertz CT molecular complexity index is 415. The van der Waals surface area contributed by atoms with Crippen molar-refractivity contribution < 1.29 is 9.47 Å². The van der Waals surface area contributed by atoms with E-state index < -0.39 is 0 Å². The van der Waals surface area contributed by atoms with Crippen LogP contribution in [0.15, 0.2) is 0 Å². The topological polar surface area (TPSA) is 30.5 Å². The number of alkyl halides is 2. The minimum Gasteiger partial charge on any atom is -0.378 e. The molecule has 3 fully saturated rings. The summed E-state index contributed by atoms with van der Waals surface area (Å²) >= 11 is 7.04. The Morgan fingerprint density at radius 1 is 0.567 bits per heavy atom. The fraction of sp³-hybridized carbons (Fsp3) is 1.00. The van der Waals surface area contributed by atoms with Crippen molar-refractivity contribution in [3.63, 3.8) is 0 Å². The van der Waals surface area contributed by atoms with Gasteiger partial charge in [-0.05, 0) is 82.5 Å². The van der Waals surface area contributed by atoms with Crippen LogP contribution in [-0.2, 0) is 9.47 Å². The van der Waals surface area contributed by atoms with Gasteiger partial charge in [0, 0.05) is 36.0 Å². The molecule has 1 heterocycles. The molecule has 2 aliphatic carbocycles. The van der Waals surface area contributed by atoms with E-state index in [0.29, 0.717) is 24.3 Å². The average molecular weight is 551 g/mol. The first kappa shape index (κ1) is 25.5. The third-order valence-electron chi connectivity index (χ3n) is 7.69. The number of nitrogens with one attached hydrogen (secondary N) is 1. The van der Waals surface area contributed by atoms with E-state index in [1.165, 1.54) is 96.3 Å². The minimum absolute atomic E-state index is 0.488. The standard InChI is InChI=1S/C25H45Br2NO2/c26-13-5-1-3-7-15-29-22-11-9-20-17-21-10-12-23(19-25(21)28-24(20)18-22)30-16-8-4-2-6-14-27/h20-25,28H,1-19H2. The van der Waals surface area contributed by atoms with Gasteiger partial charge in [0.15, 0.2) is 0 Å². The highest BCUT2D eigenvalue weighted by Crippen LogP contribution is 2.41. The van der Waals surface area contributed by atoms with E-state index in [2.05, 4.69) is 37.2 Å². The van der Waals surface area contributed by atoms with E-state index in [0.717, 1.165) is 35.7 Å². The molecule has 3 nitrogen and oxygen atoms in total. The van der Waals surface area contributed by atoms with Crippen LogP contribution in [0.1, 0.15) is 96.3 Å². The van der Waals surface area contributed by atoms with Crippen LogP contribution >= 0.6 is 31.9 Å². The maximum absolute atomic E-state index is 6.28. The zero-order chi connectivity index (χ0) is 21.0. The third kappa shape index (κ3) is 8.65. The highest BCUT2D eigenvalue weighted by Gasteiger charge is 2.42. The van der Waals surface area contributed by atoms with Gasteiger partial charge in [0.25, 0.3) is 0 Å². The number of rotatable bonds is 14. The summed E-state index contributed by atoms with van der Waals surface area (Å²) in [7, 11) is 0. The van der Waals surface area contributed by atoms with Gasteiger partial charge < -0.3 is 14.8 Å². The van der Waals surface area contributed by atoms with Crippen molar-refractivity contribution in [1.82, 2.24) is 5.32 Å². The van der Waals surface area contributed by atoms with Crippen LogP contribution in [0.4, 0.5) is 0 Å². The van der Waals surface area contributed by atoms with Crippen LogP contribution in [0.3, 0.4) is 0 Å². The molecule has 0 aromatic carbocycles. The predicted octanol–water partition coefficient (Wildman–Crippen LogP) is 7.00. The van der Waals surface area contributed by atoms with Crippen LogP contribution in [-0.4, -0.2) is 48.2 Å². The van der Waals surface area contributed by atoms with Gasteiger partial charge in [0.2, 0.25) is 0 Å². The summed E-state index contributed by atoms with van der Waals surface area (Å²) in [5.41, 5.74) is 0. The normalized spacial score (nSPS) is 33.8. The van der Waals surface area contributed by atoms with Gasteiger partial charge >= 0.3 is 0 Å². The zero-order valence-electron chi connectivity index (χ0n) is 19.0. The molecule has 176 valence electrons. The van der Waals surface area contributed by atoms with Crippen LogP contribution in [0.5, 0.6) is 0 Å². The van der Waals surface area contributed by atoms with Crippen molar-refractivity contribution >= 4 is 31.9 Å².